The second-order valence-corrected chi connectivity index (χ2v) is 6.70. The average molecular weight is 354 g/mol. The Morgan fingerprint density at radius 1 is 1.24 bits per heavy atom. The number of aromatic nitrogens is 2. The van der Waals surface area contributed by atoms with Gasteiger partial charge in [-0.3, -0.25) is 14.2 Å². The zero-order valence-corrected chi connectivity index (χ0v) is 15.1. The number of fused-ring (bicyclic) bond motifs is 1. The van der Waals surface area contributed by atoms with Crippen LogP contribution in [-0.4, -0.2) is 22.9 Å². The van der Waals surface area contributed by atoms with Gasteiger partial charge in [0.1, 0.15) is 12.0 Å². The van der Waals surface area contributed by atoms with Crippen molar-refractivity contribution in [2.75, 3.05) is 7.11 Å². The van der Waals surface area contributed by atoms with Crippen LogP contribution in [0.15, 0.2) is 46.3 Å². The number of rotatable bonds is 5. The molecule has 128 valence electrons. The summed E-state index contributed by atoms with van der Waals surface area (Å²) in [5, 5.41) is 1.24. The van der Waals surface area contributed by atoms with Crippen LogP contribution in [0.4, 0.5) is 0 Å². The number of hydrogen-bond acceptors (Lipinski definition) is 5. The smallest absolute Gasteiger partial charge is 0.261 e. The lowest BCUT2D eigenvalue weighted by molar-refractivity contribution is 0.112. The van der Waals surface area contributed by atoms with E-state index in [0.29, 0.717) is 33.1 Å². The third kappa shape index (κ3) is 3.44. The standard InChI is InChI=1S/C19H18N2O3S/c1-12-4-6-16-15(8-12)18(23)21(2)19(20-16)25-11-14-9-13(10-22)5-7-17(14)24-3/h4-10H,11H2,1-3H3. The number of ether oxygens (including phenoxy) is 1. The molecule has 2 aromatic carbocycles. The fraction of sp³-hybridized carbons (Fsp3) is 0.211. The number of aldehydes is 1. The summed E-state index contributed by atoms with van der Waals surface area (Å²) in [6.45, 7) is 1.95. The first-order valence-corrected chi connectivity index (χ1v) is 8.74. The third-order valence-electron chi connectivity index (χ3n) is 3.99. The predicted molar refractivity (Wildman–Crippen MR) is 99.7 cm³/mol. The van der Waals surface area contributed by atoms with E-state index in [9.17, 15) is 9.59 Å². The second kappa shape index (κ2) is 7.11. The molecule has 0 aliphatic heterocycles. The molecule has 0 unspecified atom stereocenters. The molecule has 5 nitrogen and oxygen atoms in total. The molecule has 3 aromatic rings. The lowest BCUT2D eigenvalue weighted by atomic mass is 10.1. The Labute approximate surface area is 149 Å². The highest BCUT2D eigenvalue weighted by atomic mass is 32.2. The van der Waals surface area contributed by atoms with Gasteiger partial charge in [0.15, 0.2) is 5.16 Å². The first kappa shape index (κ1) is 17.2. The molecule has 3 rings (SSSR count). The van der Waals surface area contributed by atoms with E-state index in [-0.39, 0.29) is 5.56 Å². The minimum atomic E-state index is -0.0650. The topological polar surface area (TPSA) is 61.2 Å². The van der Waals surface area contributed by atoms with Crippen molar-refractivity contribution in [2.24, 2.45) is 7.05 Å². The van der Waals surface area contributed by atoms with Gasteiger partial charge in [-0.15, -0.1) is 0 Å². The lowest BCUT2D eigenvalue weighted by Crippen LogP contribution is -2.20. The number of hydrogen-bond donors (Lipinski definition) is 0. The Bertz CT molecular complexity index is 1010. The van der Waals surface area contributed by atoms with Crippen LogP contribution < -0.4 is 10.3 Å². The monoisotopic (exact) mass is 354 g/mol. The Kier molecular flexibility index (Phi) is 4.90. The highest BCUT2D eigenvalue weighted by Crippen LogP contribution is 2.28. The largest absolute Gasteiger partial charge is 0.496 e. The molecule has 0 aliphatic rings. The van der Waals surface area contributed by atoms with Gasteiger partial charge in [0.2, 0.25) is 0 Å². The zero-order chi connectivity index (χ0) is 18.0. The van der Waals surface area contributed by atoms with Gasteiger partial charge in [0.05, 0.1) is 18.0 Å². The van der Waals surface area contributed by atoms with E-state index in [2.05, 4.69) is 4.98 Å². The third-order valence-corrected chi connectivity index (χ3v) is 5.07. The number of carbonyl (C=O) groups excluding carboxylic acids is 1. The first-order valence-electron chi connectivity index (χ1n) is 7.75. The van der Waals surface area contributed by atoms with Crippen molar-refractivity contribution in [3.8, 4) is 5.75 Å². The minimum Gasteiger partial charge on any atom is -0.496 e. The van der Waals surface area contributed by atoms with E-state index in [1.54, 1.807) is 36.9 Å². The fourth-order valence-corrected chi connectivity index (χ4v) is 3.57. The fourth-order valence-electron chi connectivity index (χ4n) is 2.62. The summed E-state index contributed by atoms with van der Waals surface area (Å²) < 4.78 is 6.91. The van der Waals surface area contributed by atoms with Crippen molar-refractivity contribution in [2.45, 2.75) is 17.8 Å². The maximum atomic E-state index is 12.6. The molecule has 0 saturated carbocycles. The van der Waals surface area contributed by atoms with E-state index in [4.69, 9.17) is 4.74 Å². The highest BCUT2D eigenvalue weighted by molar-refractivity contribution is 7.98. The average Bonchev–Trinajstić information content (AvgIpc) is 2.63. The number of aryl methyl sites for hydroxylation is 1. The van der Waals surface area contributed by atoms with Crippen LogP contribution in [0.2, 0.25) is 0 Å². The molecule has 0 N–H and O–H groups in total. The van der Waals surface area contributed by atoms with E-state index in [0.717, 1.165) is 17.4 Å². The highest BCUT2D eigenvalue weighted by Gasteiger charge is 2.11. The number of methoxy groups -OCH3 is 1. The molecule has 1 aromatic heterocycles. The van der Waals surface area contributed by atoms with Gasteiger partial charge in [0, 0.05) is 23.9 Å². The van der Waals surface area contributed by atoms with E-state index >= 15 is 0 Å². The van der Waals surface area contributed by atoms with Gasteiger partial charge in [-0.1, -0.05) is 23.4 Å². The van der Waals surface area contributed by atoms with Crippen LogP contribution in [0.5, 0.6) is 5.75 Å². The molecule has 0 fully saturated rings. The summed E-state index contributed by atoms with van der Waals surface area (Å²) in [4.78, 5) is 28.2. The van der Waals surface area contributed by atoms with Crippen molar-refractivity contribution in [1.29, 1.82) is 0 Å². The van der Waals surface area contributed by atoms with Gasteiger partial charge < -0.3 is 4.74 Å². The van der Waals surface area contributed by atoms with E-state index < -0.39 is 0 Å². The van der Waals surface area contributed by atoms with Crippen LogP contribution in [0.1, 0.15) is 21.5 Å². The molecule has 6 heteroatoms. The maximum absolute atomic E-state index is 12.6. The quantitative estimate of drug-likeness (QED) is 0.399. The molecular formula is C19H18N2O3S. The number of thioether (sulfide) groups is 1. The van der Waals surface area contributed by atoms with Gasteiger partial charge in [-0.25, -0.2) is 4.98 Å². The lowest BCUT2D eigenvalue weighted by Gasteiger charge is -2.11. The number of carbonyl (C=O) groups is 1. The molecule has 0 atom stereocenters. The van der Waals surface area contributed by atoms with Gasteiger partial charge in [-0.05, 0) is 37.3 Å². The van der Waals surface area contributed by atoms with E-state index in [1.807, 2.05) is 25.1 Å². The molecule has 0 spiro atoms. The van der Waals surface area contributed by atoms with Crippen molar-refractivity contribution >= 4 is 29.0 Å². The maximum Gasteiger partial charge on any atom is 0.261 e. The molecule has 0 bridgehead atoms. The second-order valence-electron chi connectivity index (χ2n) is 5.76. The molecule has 0 radical (unpaired) electrons. The Morgan fingerprint density at radius 3 is 2.76 bits per heavy atom. The summed E-state index contributed by atoms with van der Waals surface area (Å²) in [6.07, 6.45) is 0.806. The zero-order valence-electron chi connectivity index (χ0n) is 14.3. The summed E-state index contributed by atoms with van der Waals surface area (Å²) >= 11 is 1.44. The summed E-state index contributed by atoms with van der Waals surface area (Å²) in [5.74, 6) is 1.25. The van der Waals surface area contributed by atoms with E-state index in [1.165, 1.54) is 11.8 Å². The molecule has 1 heterocycles. The van der Waals surface area contributed by atoms with Crippen LogP contribution in [-0.2, 0) is 12.8 Å². The Hall–Kier alpha value is -2.60. The Balaban J connectivity index is 1.96. The van der Waals surface area contributed by atoms with Crippen molar-refractivity contribution in [3.63, 3.8) is 0 Å². The van der Waals surface area contributed by atoms with Crippen molar-refractivity contribution < 1.29 is 9.53 Å². The molecule has 0 amide bonds. The number of nitrogens with zero attached hydrogens (tertiary/aromatic N) is 2. The van der Waals surface area contributed by atoms with Crippen LogP contribution >= 0.6 is 11.8 Å². The summed E-state index contributed by atoms with van der Waals surface area (Å²) in [6, 6.07) is 10.9. The van der Waals surface area contributed by atoms with Crippen LogP contribution in [0.3, 0.4) is 0 Å². The van der Waals surface area contributed by atoms with Crippen LogP contribution in [0.25, 0.3) is 10.9 Å². The van der Waals surface area contributed by atoms with Gasteiger partial charge in [0.25, 0.3) is 5.56 Å². The van der Waals surface area contributed by atoms with Gasteiger partial charge in [-0.2, -0.15) is 0 Å². The minimum absolute atomic E-state index is 0.0650. The predicted octanol–water partition coefficient (Wildman–Crippen LogP) is 3.36. The van der Waals surface area contributed by atoms with Crippen molar-refractivity contribution in [3.05, 3.63) is 63.4 Å². The Morgan fingerprint density at radius 2 is 2.04 bits per heavy atom. The SMILES string of the molecule is COc1ccc(C=O)cc1CSc1nc2ccc(C)cc2c(=O)n1C. The van der Waals surface area contributed by atoms with Crippen LogP contribution in [0, 0.1) is 6.92 Å². The number of benzene rings is 2. The normalized spacial score (nSPS) is 10.8. The molecule has 0 saturated heterocycles. The summed E-state index contributed by atoms with van der Waals surface area (Å²) in [7, 11) is 3.31. The molecular weight excluding hydrogens is 336 g/mol. The molecule has 25 heavy (non-hydrogen) atoms. The van der Waals surface area contributed by atoms with Crippen molar-refractivity contribution in [1.82, 2.24) is 9.55 Å². The van der Waals surface area contributed by atoms with Gasteiger partial charge >= 0.3 is 0 Å². The molecule has 0 aliphatic carbocycles. The first-order chi connectivity index (χ1) is 12.0. The summed E-state index contributed by atoms with van der Waals surface area (Å²) in [5.41, 5.74) is 3.12.